The number of para-hydroxylation sites is 2. The van der Waals surface area contributed by atoms with E-state index in [0.717, 1.165) is 12.1 Å². The molecule has 0 spiro atoms. The minimum atomic E-state index is -4.37. The van der Waals surface area contributed by atoms with E-state index in [1.54, 1.807) is 13.1 Å². The molecule has 1 N–H and O–H groups in total. The van der Waals surface area contributed by atoms with Crippen LogP contribution in [0.25, 0.3) is 0 Å². The first-order valence-corrected chi connectivity index (χ1v) is 8.36. The molecular formula is C19H19F3N2O3. The summed E-state index contributed by atoms with van der Waals surface area (Å²) in [6.07, 6.45) is -4.69. The predicted octanol–water partition coefficient (Wildman–Crippen LogP) is 3.69. The maximum atomic E-state index is 12.6. The quantitative estimate of drug-likeness (QED) is 0.880. The van der Waals surface area contributed by atoms with Crippen molar-refractivity contribution in [2.75, 3.05) is 20.2 Å². The van der Waals surface area contributed by atoms with E-state index in [9.17, 15) is 18.0 Å². The van der Waals surface area contributed by atoms with E-state index in [4.69, 9.17) is 9.47 Å². The fraction of sp³-hybridized carbons (Fsp3) is 0.316. The number of rotatable bonds is 4. The zero-order valence-electron chi connectivity index (χ0n) is 14.6. The Hall–Kier alpha value is -2.90. The SMILES string of the molecule is CN(Cc1ccc(C(F)(F)F)cc1)C(=O)NCC1COc2ccccc2O1. The number of carbonyl (C=O) groups is 1. The number of urea groups is 1. The topological polar surface area (TPSA) is 50.8 Å². The van der Waals surface area contributed by atoms with Crippen molar-refractivity contribution in [2.24, 2.45) is 0 Å². The molecule has 3 rings (SSSR count). The molecule has 1 heterocycles. The number of nitrogens with zero attached hydrogens (tertiary/aromatic N) is 1. The number of carbonyl (C=O) groups excluding carboxylic acids is 1. The summed E-state index contributed by atoms with van der Waals surface area (Å²) in [7, 11) is 1.57. The summed E-state index contributed by atoms with van der Waals surface area (Å²) >= 11 is 0. The molecule has 2 amide bonds. The predicted molar refractivity (Wildman–Crippen MR) is 92.7 cm³/mol. The fourth-order valence-corrected chi connectivity index (χ4v) is 2.64. The van der Waals surface area contributed by atoms with Gasteiger partial charge in [0.2, 0.25) is 0 Å². The molecule has 0 aliphatic carbocycles. The molecule has 2 aromatic rings. The first-order chi connectivity index (χ1) is 12.8. The fourth-order valence-electron chi connectivity index (χ4n) is 2.64. The Morgan fingerprint density at radius 1 is 1.15 bits per heavy atom. The largest absolute Gasteiger partial charge is 0.486 e. The van der Waals surface area contributed by atoms with E-state index >= 15 is 0 Å². The number of halogens is 3. The molecule has 0 fully saturated rings. The van der Waals surface area contributed by atoms with Gasteiger partial charge in [0.15, 0.2) is 17.6 Å². The van der Waals surface area contributed by atoms with Crippen molar-refractivity contribution in [3.8, 4) is 11.5 Å². The second-order valence-electron chi connectivity index (χ2n) is 6.23. The van der Waals surface area contributed by atoms with Gasteiger partial charge < -0.3 is 19.7 Å². The van der Waals surface area contributed by atoms with Gasteiger partial charge in [-0.1, -0.05) is 24.3 Å². The monoisotopic (exact) mass is 380 g/mol. The molecule has 0 aromatic heterocycles. The number of alkyl halides is 3. The number of hydrogen-bond acceptors (Lipinski definition) is 3. The molecule has 1 atom stereocenters. The van der Waals surface area contributed by atoms with Gasteiger partial charge in [-0.2, -0.15) is 13.2 Å². The average molecular weight is 380 g/mol. The summed E-state index contributed by atoms with van der Waals surface area (Å²) < 4.78 is 49.1. The zero-order valence-corrected chi connectivity index (χ0v) is 14.6. The van der Waals surface area contributed by atoms with Gasteiger partial charge in [0, 0.05) is 13.6 Å². The highest BCUT2D eigenvalue weighted by molar-refractivity contribution is 5.73. The third-order valence-electron chi connectivity index (χ3n) is 4.10. The number of amides is 2. The Bertz CT molecular complexity index is 794. The zero-order chi connectivity index (χ0) is 19.4. The Morgan fingerprint density at radius 2 is 1.81 bits per heavy atom. The van der Waals surface area contributed by atoms with Crippen molar-refractivity contribution >= 4 is 6.03 Å². The van der Waals surface area contributed by atoms with Crippen molar-refractivity contribution in [3.05, 3.63) is 59.7 Å². The molecule has 8 heteroatoms. The van der Waals surface area contributed by atoms with Crippen LogP contribution < -0.4 is 14.8 Å². The Kier molecular flexibility index (Phi) is 5.43. The molecule has 144 valence electrons. The van der Waals surface area contributed by atoms with Crippen LogP contribution in [0.1, 0.15) is 11.1 Å². The molecule has 1 unspecified atom stereocenters. The normalized spacial score (nSPS) is 15.9. The molecule has 0 radical (unpaired) electrons. The van der Waals surface area contributed by atoms with Crippen LogP contribution in [0.4, 0.5) is 18.0 Å². The number of ether oxygens (including phenoxy) is 2. The standard InChI is InChI=1S/C19H19F3N2O3/c1-24(11-13-6-8-14(9-7-13)19(20,21)22)18(25)23-10-15-12-26-16-4-2-3-5-17(16)27-15/h2-9,15H,10-12H2,1H3,(H,23,25). The van der Waals surface area contributed by atoms with Crippen molar-refractivity contribution in [1.29, 1.82) is 0 Å². The van der Waals surface area contributed by atoms with E-state index in [1.165, 1.54) is 17.0 Å². The molecule has 0 saturated heterocycles. The minimum Gasteiger partial charge on any atom is -0.486 e. The Labute approximate surface area is 154 Å². The molecule has 2 aromatic carbocycles. The summed E-state index contributed by atoms with van der Waals surface area (Å²) in [4.78, 5) is 13.6. The lowest BCUT2D eigenvalue weighted by Gasteiger charge is -2.27. The van der Waals surface area contributed by atoms with E-state index in [0.29, 0.717) is 23.7 Å². The number of benzene rings is 2. The third kappa shape index (κ3) is 4.84. The Morgan fingerprint density at radius 3 is 2.48 bits per heavy atom. The summed E-state index contributed by atoms with van der Waals surface area (Å²) in [5, 5.41) is 2.74. The van der Waals surface area contributed by atoms with E-state index < -0.39 is 11.7 Å². The van der Waals surface area contributed by atoms with Gasteiger partial charge in [0.25, 0.3) is 0 Å². The maximum absolute atomic E-state index is 12.6. The van der Waals surface area contributed by atoms with Crippen LogP contribution in [0.5, 0.6) is 11.5 Å². The van der Waals surface area contributed by atoms with Crippen LogP contribution >= 0.6 is 0 Å². The van der Waals surface area contributed by atoms with Crippen molar-refractivity contribution in [2.45, 2.75) is 18.8 Å². The van der Waals surface area contributed by atoms with Gasteiger partial charge in [-0.3, -0.25) is 0 Å². The minimum absolute atomic E-state index is 0.189. The van der Waals surface area contributed by atoms with Crippen molar-refractivity contribution in [1.82, 2.24) is 10.2 Å². The van der Waals surface area contributed by atoms with Crippen molar-refractivity contribution in [3.63, 3.8) is 0 Å². The summed E-state index contributed by atoms with van der Waals surface area (Å²) in [5.41, 5.74) is -0.111. The van der Waals surface area contributed by atoms with E-state index in [1.807, 2.05) is 18.2 Å². The number of hydrogen-bond donors (Lipinski definition) is 1. The lowest BCUT2D eigenvalue weighted by Crippen LogP contribution is -2.44. The van der Waals surface area contributed by atoms with Gasteiger partial charge in [0.05, 0.1) is 12.1 Å². The van der Waals surface area contributed by atoms with Crippen molar-refractivity contribution < 1.29 is 27.4 Å². The molecule has 1 aliphatic heterocycles. The van der Waals surface area contributed by atoms with Crippen LogP contribution in [0.2, 0.25) is 0 Å². The summed E-state index contributed by atoms with van der Waals surface area (Å²) in [5.74, 6) is 1.29. The van der Waals surface area contributed by atoms with Crippen LogP contribution in [0, 0.1) is 0 Å². The summed E-state index contributed by atoms with van der Waals surface area (Å²) in [6, 6.07) is 11.7. The smallest absolute Gasteiger partial charge is 0.416 e. The van der Waals surface area contributed by atoms with E-state index in [2.05, 4.69) is 5.32 Å². The lowest BCUT2D eigenvalue weighted by molar-refractivity contribution is -0.137. The van der Waals surface area contributed by atoms with Gasteiger partial charge in [-0.25, -0.2) is 4.79 Å². The second-order valence-corrected chi connectivity index (χ2v) is 6.23. The van der Waals surface area contributed by atoms with Crippen LogP contribution in [-0.2, 0) is 12.7 Å². The highest BCUT2D eigenvalue weighted by Crippen LogP contribution is 2.31. The molecule has 5 nitrogen and oxygen atoms in total. The highest BCUT2D eigenvalue weighted by Gasteiger charge is 2.30. The summed E-state index contributed by atoms with van der Waals surface area (Å²) in [6.45, 7) is 0.763. The van der Waals surface area contributed by atoms with Gasteiger partial charge in [-0.15, -0.1) is 0 Å². The second kappa shape index (κ2) is 7.77. The molecular weight excluding hydrogens is 361 g/mol. The van der Waals surface area contributed by atoms with Crippen LogP contribution in [0.15, 0.2) is 48.5 Å². The van der Waals surface area contributed by atoms with Crippen LogP contribution in [0.3, 0.4) is 0 Å². The molecule has 0 saturated carbocycles. The van der Waals surface area contributed by atoms with Gasteiger partial charge in [0.1, 0.15) is 6.61 Å². The lowest BCUT2D eigenvalue weighted by atomic mass is 10.1. The molecule has 0 bridgehead atoms. The third-order valence-corrected chi connectivity index (χ3v) is 4.10. The average Bonchev–Trinajstić information content (AvgIpc) is 2.65. The van der Waals surface area contributed by atoms with Gasteiger partial charge in [-0.05, 0) is 29.8 Å². The maximum Gasteiger partial charge on any atom is 0.416 e. The molecule has 1 aliphatic rings. The number of nitrogens with one attached hydrogen (secondary N) is 1. The first kappa shape index (κ1) is 18.9. The Balaban J connectivity index is 1.48. The van der Waals surface area contributed by atoms with Crippen LogP contribution in [-0.4, -0.2) is 37.2 Å². The van der Waals surface area contributed by atoms with Gasteiger partial charge >= 0.3 is 12.2 Å². The number of fused-ring (bicyclic) bond motifs is 1. The highest BCUT2D eigenvalue weighted by atomic mass is 19.4. The first-order valence-electron chi connectivity index (χ1n) is 8.36. The van der Waals surface area contributed by atoms with E-state index in [-0.39, 0.29) is 25.2 Å². The molecule has 27 heavy (non-hydrogen) atoms.